The van der Waals surface area contributed by atoms with E-state index in [1.165, 1.54) is 25.7 Å². The molecule has 7 heteroatoms. The number of esters is 2. The fourth-order valence-corrected chi connectivity index (χ4v) is 11.3. The van der Waals surface area contributed by atoms with E-state index in [2.05, 4.69) is 48.5 Å². The molecule has 37 heavy (non-hydrogen) atoms. The minimum Gasteiger partial charge on any atom is -0.465 e. The Balaban J connectivity index is 5.80. The Hall–Kier alpha value is -0.923. The van der Waals surface area contributed by atoms with Crippen LogP contribution in [0.4, 0.5) is 0 Å². The van der Waals surface area contributed by atoms with Crippen LogP contribution in [0.3, 0.4) is 0 Å². The van der Waals surface area contributed by atoms with Crippen LogP contribution in [0.25, 0.3) is 0 Å². The average molecular weight is 545 g/mol. The van der Waals surface area contributed by atoms with Crippen molar-refractivity contribution in [3.8, 4) is 0 Å². The summed E-state index contributed by atoms with van der Waals surface area (Å²) in [5, 5.41) is 11.9. The first-order chi connectivity index (χ1) is 17.3. The van der Waals surface area contributed by atoms with E-state index < -0.39 is 31.3 Å². The number of carbonyl (C=O) groups is 2. The first kappa shape index (κ1) is 36.1. The summed E-state index contributed by atoms with van der Waals surface area (Å²) >= 11 is 0. The Morgan fingerprint density at radius 2 is 1.14 bits per heavy atom. The summed E-state index contributed by atoms with van der Waals surface area (Å²) in [5.41, 5.74) is -1.37. The van der Waals surface area contributed by atoms with E-state index in [9.17, 15) is 14.7 Å². The lowest BCUT2D eigenvalue weighted by Crippen LogP contribution is -2.51. The quantitative estimate of drug-likeness (QED) is 0.0683. The monoisotopic (exact) mass is 544 g/mol. The molecule has 0 fully saturated rings. The number of ether oxygens (including phenoxy) is 2. The van der Waals surface area contributed by atoms with Crippen LogP contribution in [0.5, 0.6) is 0 Å². The molecular weight excluding hydrogens is 484 g/mol. The first-order valence-corrected chi connectivity index (χ1v) is 17.1. The van der Waals surface area contributed by atoms with Crippen molar-refractivity contribution < 1.29 is 28.6 Å². The molecular formula is C30H60O6Si. The van der Waals surface area contributed by atoms with Crippen molar-refractivity contribution >= 4 is 20.3 Å². The second kappa shape index (κ2) is 17.6. The summed E-state index contributed by atoms with van der Waals surface area (Å²) in [5.74, 6) is -1.19. The molecule has 0 saturated heterocycles. The van der Waals surface area contributed by atoms with Gasteiger partial charge < -0.3 is 19.0 Å². The maximum absolute atomic E-state index is 12.8. The number of carbonyl (C=O) groups excluding carboxylic acids is 2. The van der Waals surface area contributed by atoms with Gasteiger partial charge >= 0.3 is 11.9 Å². The molecule has 0 radical (unpaired) electrons. The zero-order valence-electron chi connectivity index (χ0n) is 25.9. The zero-order valence-corrected chi connectivity index (χ0v) is 26.9. The molecule has 0 aromatic carbocycles. The van der Waals surface area contributed by atoms with Gasteiger partial charge in [0.15, 0.2) is 13.7 Å². The fourth-order valence-electron chi connectivity index (χ4n) is 5.79. The minimum atomic E-state index is -2.19. The van der Waals surface area contributed by atoms with E-state index in [1.807, 2.05) is 0 Å². The van der Waals surface area contributed by atoms with Gasteiger partial charge in [-0.15, -0.1) is 0 Å². The van der Waals surface area contributed by atoms with E-state index in [0.29, 0.717) is 23.0 Å². The van der Waals surface area contributed by atoms with Crippen LogP contribution >= 0.6 is 0 Å². The Morgan fingerprint density at radius 1 is 0.703 bits per heavy atom. The van der Waals surface area contributed by atoms with E-state index in [0.717, 1.165) is 19.3 Å². The molecule has 0 bridgehead atoms. The highest BCUT2D eigenvalue weighted by molar-refractivity contribution is 6.77. The molecule has 1 atom stereocenters. The van der Waals surface area contributed by atoms with Crippen molar-refractivity contribution in [3.05, 3.63) is 0 Å². The lowest BCUT2D eigenvalue weighted by atomic mass is 9.80. The van der Waals surface area contributed by atoms with Gasteiger partial charge in [-0.3, -0.25) is 9.59 Å². The SMILES string of the molecule is CCCCCCCCC[C@](O)(CCC(C)(C(=O)OCC)C(=O)OCC)CO[Si](C(C)C)(C(C)C)C(C)C. The minimum absolute atomic E-state index is 0.153. The number of unbranched alkanes of at least 4 members (excludes halogenated alkanes) is 6. The Bertz CT molecular complexity index is 608. The topological polar surface area (TPSA) is 82.1 Å². The maximum Gasteiger partial charge on any atom is 0.323 e. The third-order valence-corrected chi connectivity index (χ3v) is 14.1. The predicted molar refractivity (Wildman–Crippen MR) is 155 cm³/mol. The highest BCUT2D eigenvalue weighted by Crippen LogP contribution is 2.43. The van der Waals surface area contributed by atoms with Crippen LogP contribution in [-0.2, 0) is 23.5 Å². The molecule has 0 heterocycles. The van der Waals surface area contributed by atoms with Gasteiger partial charge in [0.2, 0.25) is 0 Å². The highest BCUT2D eigenvalue weighted by Gasteiger charge is 2.49. The van der Waals surface area contributed by atoms with Crippen LogP contribution in [0, 0.1) is 5.41 Å². The van der Waals surface area contributed by atoms with Crippen molar-refractivity contribution in [1.29, 1.82) is 0 Å². The zero-order chi connectivity index (χ0) is 28.7. The summed E-state index contributed by atoms with van der Waals surface area (Å²) in [4.78, 5) is 25.7. The molecule has 1 N–H and O–H groups in total. The third-order valence-electron chi connectivity index (χ3n) is 8.09. The second-order valence-corrected chi connectivity index (χ2v) is 17.4. The molecule has 220 valence electrons. The summed E-state index contributed by atoms with van der Waals surface area (Å²) in [6, 6.07) is 0. The van der Waals surface area contributed by atoms with Crippen molar-refractivity contribution in [2.75, 3.05) is 19.8 Å². The highest BCUT2D eigenvalue weighted by atomic mass is 28.4. The van der Waals surface area contributed by atoms with E-state index in [4.69, 9.17) is 13.9 Å². The summed E-state index contributed by atoms with van der Waals surface area (Å²) in [7, 11) is -2.19. The molecule has 0 spiro atoms. The largest absolute Gasteiger partial charge is 0.465 e. The van der Waals surface area contributed by atoms with Crippen LogP contribution in [0.2, 0.25) is 16.6 Å². The molecule has 0 saturated carbocycles. The van der Waals surface area contributed by atoms with Crippen LogP contribution in [0.15, 0.2) is 0 Å². The van der Waals surface area contributed by atoms with Crippen LogP contribution < -0.4 is 0 Å². The maximum atomic E-state index is 12.8. The van der Waals surface area contributed by atoms with Gasteiger partial charge in [-0.1, -0.05) is 93.4 Å². The summed E-state index contributed by atoms with van der Waals surface area (Å²) in [6.45, 7) is 21.3. The van der Waals surface area contributed by atoms with Gasteiger partial charge in [-0.25, -0.2) is 0 Å². The molecule has 0 aromatic heterocycles. The molecule has 0 aromatic rings. The van der Waals surface area contributed by atoms with Crippen molar-refractivity contribution in [2.24, 2.45) is 5.41 Å². The number of hydrogen-bond donors (Lipinski definition) is 1. The number of rotatable bonds is 21. The van der Waals surface area contributed by atoms with Crippen LogP contribution in [-0.4, -0.2) is 50.8 Å². The number of aliphatic hydroxyl groups is 1. The lowest BCUT2D eigenvalue weighted by Gasteiger charge is -2.44. The second-order valence-electron chi connectivity index (χ2n) is 12.0. The van der Waals surface area contributed by atoms with Gasteiger partial charge in [-0.05, 0) is 56.7 Å². The Kier molecular flexibility index (Phi) is 17.2. The van der Waals surface area contributed by atoms with Gasteiger partial charge in [0.1, 0.15) is 0 Å². The van der Waals surface area contributed by atoms with Gasteiger partial charge in [0, 0.05) is 0 Å². The smallest absolute Gasteiger partial charge is 0.323 e. The Morgan fingerprint density at radius 3 is 1.54 bits per heavy atom. The number of hydrogen-bond acceptors (Lipinski definition) is 6. The summed E-state index contributed by atoms with van der Waals surface area (Å²) < 4.78 is 17.3. The van der Waals surface area contributed by atoms with Gasteiger partial charge in [0.25, 0.3) is 0 Å². The fraction of sp³-hybridized carbons (Fsp3) is 0.933. The molecule has 0 aliphatic rings. The molecule has 6 nitrogen and oxygen atoms in total. The van der Waals surface area contributed by atoms with E-state index in [-0.39, 0.29) is 32.7 Å². The average Bonchev–Trinajstić information content (AvgIpc) is 2.82. The van der Waals surface area contributed by atoms with Gasteiger partial charge in [0.05, 0.1) is 25.4 Å². The lowest BCUT2D eigenvalue weighted by molar-refractivity contribution is -0.172. The standard InChI is InChI=1S/C30H60O6Si/c1-11-14-15-16-17-18-19-20-30(33,23-36-37(24(4)5,25(6)7)26(8)9)22-21-29(10,27(31)34-12-2)28(32)35-13-3/h24-26,33H,11-23H2,1-10H3/t30-/m0/s1. The van der Waals surface area contributed by atoms with Crippen molar-refractivity contribution in [3.63, 3.8) is 0 Å². The molecule has 0 rings (SSSR count). The third kappa shape index (κ3) is 11.0. The molecule has 0 aliphatic carbocycles. The Labute approximate surface area is 229 Å². The normalized spacial score (nSPS) is 14.3. The van der Waals surface area contributed by atoms with Gasteiger partial charge in [-0.2, -0.15) is 0 Å². The summed E-state index contributed by atoms with van der Waals surface area (Å²) in [6.07, 6.45) is 9.08. The van der Waals surface area contributed by atoms with Crippen molar-refractivity contribution in [2.45, 2.75) is 156 Å². The van der Waals surface area contributed by atoms with Crippen LogP contribution in [0.1, 0.15) is 133 Å². The molecule has 0 unspecified atom stereocenters. The van der Waals surface area contributed by atoms with Crippen molar-refractivity contribution in [1.82, 2.24) is 0 Å². The van der Waals surface area contributed by atoms with E-state index in [1.54, 1.807) is 20.8 Å². The van der Waals surface area contributed by atoms with E-state index >= 15 is 0 Å². The first-order valence-electron chi connectivity index (χ1n) is 15.0. The molecule has 0 aliphatic heterocycles. The molecule has 0 amide bonds. The predicted octanol–water partition coefficient (Wildman–Crippen LogP) is 7.96.